The Kier molecular flexibility index (Phi) is 7.03. The summed E-state index contributed by atoms with van der Waals surface area (Å²) < 4.78 is 0. The van der Waals surface area contributed by atoms with E-state index in [0.29, 0.717) is 24.3 Å². The van der Waals surface area contributed by atoms with Crippen LogP contribution in [0.25, 0.3) is 0 Å². The molecular weight excluding hydrogens is 382 g/mol. The quantitative estimate of drug-likeness (QED) is 0.674. The number of nitrogens with two attached hydrogens (primary N) is 1. The number of primary amides is 1. The van der Waals surface area contributed by atoms with Crippen LogP contribution in [0, 0.1) is 0 Å². The van der Waals surface area contributed by atoms with Crippen LogP contribution in [0.5, 0.6) is 0 Å². The summed E-state index contributed by atoms with van der Waals surface area (Å²) >= 11 is 0. The van der Waals surface area contributed by atoms with Crippen molar-refractivity contribution < 1.29 is 14.4 Å². The molecule has 1 saturated heterocycles. The highest BCUT2D eigenvalue weighted by Gasteiger charge is 2.24. The van der Waals surface area contributed by atoms with Crippen molar-refractivity contribution in [3.63, 3.8) is 0 Å². The van der Waals surface area contributed by atoms with Crippen molar-refractivity contribution >= 4 is 23.5 Å². The summed E-state index contributed by atoms with van der Waals surface area (Å²) in [7, 11) is 0. The van der Waals surface area contributed by atoms with Gasteiger partial charge in [0.15, 0.2) is 0 Å². The van der Waals surface area contributed by atoms with Crippen LogP contribution in [0.15, 0.2) is 54.6 Å². The topological polar surface area (TPSA) is 108 Å². The third-order valence-corrected chi connectivity index (χ3v) is 5.08. The number of amides is 4. The van der Waals surface area contributed by atoms with Gasteiger partial charge in [0.25, 0.3) is 0 Å². The van der Waals surface area contributed by atoms with Gasteiger partial charge in [-0.3, -0.25) is 14.5 Å². The number of carbonyl (C=O) groups excluding carboxylic acids is 3. The van der Waals surface area contributed by atoms with Gasteiger partial charge in [0.1, 0.15) is 6.04 Å². The SMILES string of the molecule is CC(NC(=O)N1CCN(Cc2ccccc2)CC1)C(=O)Nc1ccc(C(N)=O)cc1. The molecule has 158 valence electrons. The van der Waals surface area contributed by atoms with E-state index >= 15 is 0 Å². The predicted molar refractivity (Wildman–Crippen MR) is 115 cm³/mol. The summed E-state index contributed by atoms with van der Waals surface area (Å²) in [5.74, 6) is -0.865. The van der Waals surface area contributed by atoms with E-state index in [1.807, 2.05) is 18.2 Å². The molecule has 0 radical (unpaired) electrons. The number of piperazine rings is 1. The molecule has 1 fully saturated rings. The lowest BCUT2D eigenvalue weighted by Crippen LogP contribution is -2.54. The minimum atomic E-state index is -0.698. The second-order valence-corrected chi connectivity index (χ2v) is 7.35. The molecular formula is C22H27N5O3. The van der Waals surface area contributed by atoms with Gasteiger partial charge in [-0.05, 0) is 36.8 Å². The molecule has 0 spiro atoms. The summed E-state index contributed by atoms with van der Waals surface area (Å²) in [4.78, 5) is 40.0. The van der Waals surface area contributed by atoms with Gasteiger partial charge in [-0.1, -0.05) is 30.3 Å². The van der Waals surface area contributed by atoms with Crippen LogP contribution >= 0.6 is 0 Å². The third-order valence-electron chi connectivity index (χ3n) is 5.08. The highest BCUT2D eigenvalue weighted by Crippen LogP contribution is 2.11. The largest absolute Gasteiger partial charge is 0.366 e. The zero-order valence-corrected chi connectivity index (χ0v) is 17.0. The number of hydrogen-bond acceptors (Lipinski definition) is 4. The number of benzene rings is 2. The lowest BCUT2D eigenvalue weighted by molar-refractivity contribution is -0.117. The smallest absolute Gasteiger partial charge is 0.318 e. The molecule has 2 aromatic rings. The van der Waals surface area contributed by atoms with Gasteiger partial charge >= 0.3 is 6.03 Å². The Morgan fingerprint density at radius 1 is 0.967 bits per heavy atom. The second kappa shape index (κ2) is 9.89. The number of nitrogens with one attached hydrogen (secondary N) is 2. The summed E-state index contributed by atoms with van der Waals surface area (Å²) in [6.07, 6.45) is 0. The van der Waals surface area contributed by atoms with Crippen LogP contribution in [0.3, 0.4) is 0 Å². The van der Waals surface area contributed by atoms with Gasteiger partial charge in [-0.2, -0.15) is 0 Å². The van der Waals surface area contributed by atoms with Gasteiger partial charge in [0.05, 0.1) is 0 Å². The van der Waals surface area contributed by atoms with E-state index in [-0.39, 0.29) is 11.9 Å². The van der Waals surface area contributed by atoms with Gasteiger partial charge in [0, 0.05) is 44.0 Å². The fraction of sp³-hybridized carbons (Fsp3) is 0.318. The standard InChI is InChI=1S/C22H27N5O3/c1-16(21(29)25-19-9-7-18(8-10-19)20(23)28)24-22(30)27-13-11-26(12-14-27)15-17-5-3-2-4-6-17/h2-10,16H,11-15H2,1H3,(H2,23,28)(H,24,30)(H,25,29). The minimum Gasteiger partial charge on any atom is -0.366 e. The van der Waals surface area contributed by atoms with E-state index in [4.69, 9.17) is 5.73 Å². The first-order valence-corrected chi connectivity index (χ1v) is 9.95. The highest BCUT2D eigenvalue weighted by molar-refractivity contribution is 5.97. The maximum atomic E-state index is 12.5. The summed E-state index contributed by atoms with van der Waals surface area (Å²) in [5, 5.41) is 5.46. The van der Waals surface area contributed by atoms with E-state index < -0.39 is 11.9 Å². The first-order chi connectivity index (χ1) is 14.4. The molecule has 0 bridgehead atoms. The Labute approximate surface area is 176 Å². The molecule has 8 heteroatoms. The molecule has 4 amide bonds. The Morgan fingerprint density at radius 3 is 2.20 bits per heavy atom. The van der Waals surface area contributed by atoms with E-state index in [1.165, 1.54) is 17.7 Å². The zero-order chi connectivity index (χ0) is 21.5. The molecule has 2 aromatic carbocycles. The van der Waals surface area contributed by atoms with Crippen LogP contribution in [-0.4, -0.2) is 59.9 Å². The minimum absolute atomic E-state index is 0.249. The first kappa shape index (κ1) is 21.3. The summed E-state index contributed by atoms with van der Waals surface area (Å²) in [6, 6.07) is 15.6. The maximum absolute atomic E-state index is 12.5. The molecule has 1 aliphatic heterocycles. The monoisotopic (exact) mass is 409 g/mol. The normalized spacial score (nSPS) is 15.3. The van der Waals surface area contributed by atoms with Crippen LogP contribution < -0.4 is 16.4 Å². The first-order valence-electron chi connectivity index (χ1n) is 9.95. The number of hydrogen-bond donors (Lipinski definition) is 3. The summed E-state index contributed by atoms with van der Waals surface area (Å²) in [5.41, 5.74) is 7.35. The molecule has 30 heavy (non-hydrogen) atoms. The Balaban J connectivity index is 1.43. The Bertz CT molecular complexity index is 877. The predicted octanol–water partition coefficient (Wildman–Crippen LogP) is 1.64. The average Bonchev–Trinajstić information content (AvgIpc) is 2.75. The van der Waals surface area contributed by atoms with Gasteiger partial charge in [0.2, 0.25) is 11.8 Å². The van der Waals surface area contributed by atoms with Crippen molar-refractivity contribution in [1.29, 1.82) is 0 Å². The Morgan fingerprint density at radius 2 is 1.60 bits per heavy atom. The molecule has 4 N–H and O–H groups in total. The molecule has 3 rings (SSSR count). The van der Waals surface area contributed by atoms with Crippen molar-refractivity contribution in [3.05, 3.63) is 65.7 Å². The number of anilines is 1. The third kappa shape index (κ3) is 5.81. The summed E-state index contributed by atoms with van der Waals surface area (Å²) in [6.45, 7) is 5.30. The van der Waals surface area contributed by atoms with E-state index in [1.54, 1.807) is 24.0 Å². The molecule has 0 saturated carbocycles. The van der Waals surface area contributed by atoms with E-state index in [9.17, 15) is 14.4 Å². The van der Waals surface area contributed by atoms with Crippen LogP contribution in [0.1, 0.15) is 22.8 Å². The van der Waals surface area contributed by atoms with Crippen LogP contribution in [-0.2, 0) is 11.3 Å². The van der Waals surface area contributed by atoms with Crippen molar-refractivity contribution in [2.24, 2.45) is 5.73 Å². The number of nitrogens with zero attached hydrogens (tertiary/aromatic N) is 2. The molecule has 0 aliphatic carbocycles. The lowest BCUT2D eigenvalue weighted by atomic mass is 10.2. The molecule has 1 heterocycles. The number of carbonyl (C=O) groups is 3. The van der Waals surface area contributed by atoms with Crippen molar-refractivity contribution in [1.82, 2.24) is 15.1 Å². The fourth-order valence-electron chi connectivity index (χ4n) is 3.26. The van der Waals surface area contributed by atoms with Gasteiger partial charge in [-0.15, -0.1) is 0 Å². The average molecular weight is 409 g/mol. The van der Waals surface area contributed by atoms with Crippen molar-refractivity contribution in [3.8, 4) is 0 Å². The number of rotatable bonds is 6. The number of urea groups is 1. The van der Waals surface area contributed by atoms with Crippen molar-refractivity contribution in [2.45, 2.75) is 19.5 Å². The lowest BCUT2D eigenvalue weighted by Gasteiger charge is -2.35. The Hall–Kier alpha value is -3.39. The molecule has 8 nitrogen and oxygen atoms in total. The van der Waals surface area contributed by atoms with Crippen LogP contribution in [0.2, 0.25) is 0 Å². The molecule has 1 unspecified atom stereocenters. The van der Waals surface area contributed by atoms with Crippen LogP contribution in [0.4, 0.5) is 10.5 Å². The second-order valence-electron chi connectivity index (χ2n) is 7.35. The van der Waals surface area contributed by atoms with E-state index in [2.05, 4.69) is 27.7 Å². The zero-order valence-electron chi connectivity index (χ0n) is 17.0. The van der Waals surface area contributed by atoms with Gasteiger partial charge < -0.3 is 21.3 Å². The van der Waals surface area contributed by atoms with E-state index in [0.717, 1.165) is 19.6 Å². The fourth-order valence-corrected chi connectivity index (χ4v) is 3.26. The molecule has 0 aromatic heterocycles. The van der Waals surface area contributed by atoms with Gasteiger partial charge in [-0.25, -0.2) is 4.79 Å². The molecule has 1 atom stereocenters. The molecule has 1 aliphatic rings. The maximum Gasteiger partial charge on any atom is 0.318 e. The van der Waals surface area contributed by atoms with Crippen molar-refractivity contribution in [2.75, 3.05) is 31.5 Å². The highest BCUT2D eigenvalue weighted by atomic mass is 16.2.